The minimum absolute atomic E-state index is 0.137. The maximum Gasteiger partial charge on any atom is 0.137 e. The van der Waals surface area contributed by atoms with E-state index >= 15 is 0 Å². The van der Waals surface area contributed by atoms with Crippen molar-refractivity contribution in [1.29, 1.82) is 0 Å². The van der Waals surface area contributed by atoms with Gasteiger partial charge >= 0.3 is 0 Å². The summed E-state index contributed by atoms with van der Waals surface area (Å²) >= 11 is 6.05. The third-order valence-corrected chi connectivity index (χ3v) is 3.82. The Morgan fingerprint density at radius 1 is 1.41 bits per heavy atom. The highest BCUT2D eigenvalue weighted by atomic mass is 35.5. The molecule has 1 aliphatic rings. The number of anilines is 1. The van der Waals surface area contributed by atoms with E-state index in [1.165, 1.54) is 6.33 Å². The van der Waals surface area contributed by atoms with Crippen LogP contribution in [0.3, 0.4) is 0 Å². The second-order valence-electron chi connectivity index (χ2n) is 4.62. The third-order valence-electron chi connectivity index (χ3n) is 3.49. The summed E-state index contributed by atoms with van der Waals surface area (Å²) in [5.74, 6) is 0.767. The average Bonchev–Trinajstić information content (AvgIpc) is 2.79. The predicted molar refractivity (Wildman–Crippen MR) is 68.3 cm³/mol. The Morgan fingerprint density at radius 3 is 2.71 bits per heavy atom. The minimum atomic E-state index is -0.221. The molecule has 17 heavy (non-hydrogen) atoms. The summed E-state index contributed by atoms with van der Waals surface area (Å²) in [7, 11) is 0. The van der Waals surface area contributed by atoms with Crippen molar-refractivity contribution in [1.82, 2.24) is 9.97 Å². The van der Waals surface area contributed by atoms with Gasteiger partial charge in [0.25, 0.3) is 0 Å². The van der Waals surface area contributed by atoms with Gasteiger partial charge in [-0.3, -0.25) is 0 Å². The summed E-state index contributed by atoms with van der Waals surface area (Å²) in [4.78, 5) is 8.23. The first-order valence-corrected chi connectivity index (χ1v) is 6.47. The fraction of sp³-hybridized carbons (Fsp3) is 0.667. The fourth-order valence-corrected chi connectivity index (χ4v) is 2.70. The van der Waals surface area contributed by atoms with Gasteiger partial charge in [-0.15, -0.1) is 0 Å². The van der Waals surface area contributed by atoms with Gasteiger partial charge in [0.05, 0.1) is 12.1 Å². The molecule has 1 aromatic rings. The molecule has 0 saturated heterocycles. The van der Waals surface area contributed by atoms with Crippen LogP contribution < -0.4 is 5.32 Å². The van der Waals surface area contributed by atoms with Gasteiger partial charge in [0, 0.05) is 5.56 Å². The highest BCUT2D eigenvalue weighted by molar-refractivity contribution is 6.30. The molecule has 0 aromatic carbocycles. The minimum Gasteiger partial charge on any atom is -0.394 e. The highest BCUT2D eigenvalue weighted by Gasteiger charge is 2.34. The van der Waals surface area contributed by atoms with Crippen LogP contribution >= 0.6 is 11.6 Å². The van der Waals surface area contributed by atoms with Crippen molar-refractivity contribution in [2.75, 3.05) is 11.9 Å². The molecule has 2 rings (SSSR count). The highest BCUT2D eigenvalue weighted by Crippen LogP contribution is 2.33. The van der Waals surface area contributed by atoms with E-state index in [-0.39, 0.29) is 12.1 Å². The summed E-state index contributed by atoms with van der Waals surface area (Å²) in [6, 6.07) is 0. The largest absolute Gasteiger partial charge is 0.394 e. The Kier molecular flexibility index (Phi) is 3.84. The zero-order valence-electron chi connectivity index (χ0n) is 10.0. The predicted octanol–water partition coefficient (Wildman–Crippen LogP) is 2.41. The molecule has 0 amide bonds. The number of aromatic nitrogens is 2. The molecule has 0 aliphatic heterocycles. The van der Waals surface area contributed by atoms with Gasteiger partial charge in [0.2, 0.25) is 0 Å². The number of halogens is 1. The summed E-state index contributed by atoms with van der Waals surface area (Å²) in [6.07, 6.45) is 6.50. The second-order valence-corrected chi connectivity index (χ2v) is 4.97. The lowest BCUT2D eigenvalue weighted by Gasteiger charge is -2.29. The second kappa shape index (κ2) is 5.19. The fourth-order valence-electron chi connectivity index (χ4n) is 2.44. The molecule has 1 aromatic heterocycles. The van der Waals surface area contributed by atoms with Crippen molar-refractivity contribution in [3.05, 3.63) is 17.0 Å². The molecule has 4 nitrogen and oxygen atoms in total. The molecule has 1 heterocycles. The lowest BCUT2D eigenvalue weighted by atomic mass is 9.98. The molecule has 1 saturated carbocycles. The standard InChI is InChI=1S/C12H18ClN3O/c1-2-9-10(13)14-8-15-11(9)16-12(7-17)5-3-4-6-12/h8,17H,2-7H2,1H3,(H,14,15,16). The van der Waals surface area contributed by atoms with Crippen molar-refractivity contribution in [3.63, 3.8) is 0 Å². The number of nitrogens with zero attached hydrogens (tertiary/aromatic N) is 2. The molecule has 1 fully saturated rings. The molecule has 1 aliphatic carbocycles. The lowest BCUT2D eigenvalue weighted by Crippen LogP contribution is -2.39. The van der Waals surface area contributed by atoms with Gasteiger partial charge in [0.15, 0.2) is 0 Å². The number of hydrogen-bond donors (Lipinski definition) is 2. The van der Waals surface area contributed by atoms with Crippen LogP contribution in [-0.4, -0.2) is 27.2 Å². The first-order chi connectivity index (χ1) is 8.21. The molecule has 5 heteroatoms. The SMILES string of the molecule is CCc1c(Cl)ncnc1NC1(CO)CCCC1. The Balaban J connectivity index is 2.25. The Labute approximate surface area is 106 Å². The topological polar surface area (TPSA) is 58.0 Å². The van der Waals surface area contributed by atoms with Crippen LogP contribution in [0, 0.1) is 0 Å². The maximum absolute atomic E-state index is 9.57. The quantitative estimate of drug-likeness (QED) is 0.812. The van der Waals surface area contributed by atoms with E-state index in [4.69, 9.17) is 11.6 Å². The molecule has 0 atom stereocenters. The maximum atomic E-state index is 9.57. The lowest BCUT2D eigenvalue weighted by molar-refractivity contribution is 0.213. The smallest absolute Gasteiger partial charge is 0.137 e. The van der Waals surface area contributed by atoms with Crippen molar-refractivity contribution < 1.29 is 5.11 Å². The van der Waals surface area contributed by atoms with Crippen LogP contribution in [0.15, 0.2) is 6.33 Å². The van der Waals surface area contributed by atoms with E-state index in [1.54, 1.807) is 0 Å². The van der Waals surface area contributed by atoms with Gasteiger partial charge in [-0.05, 0) is 19.3 Å². The van der Waals surface area contributed by atoms with Gasteiger partial charge in [-0.2, -0.15) is 0 Å². The van der Waals surface area contributed by atoms with Crippen LogP contribution in [-0.2, 0) is 6.42 Å². The van der Waals surface area contributed by atoms with Gasteiger partial charge in [-0.25, -0.2) is 9.97 Å². The molecule has 94 valence electrons. The Hall–Kier alpha value is -0.870. The molecule has 0 spiro atoms. The molecule has 0 radical (unpaired) electrons. The number of hydrogen-bond acceptors (Lipinski definition) is 4. The van der Waals surface area contributed by atoms with Crippen molar-refractivity contribution in [2.45, 2.75) is 44.6 Å². The number of aliphatic hydroxyl groups excluding tert-OH is 1. The van der Waals surface area contributed by atoms with Crippen LogP contribution in [0.1, 0.15) is 38.2 Å². The molecular formula is C12H18ClN3O. The van der Waals surface area contributed by atoms with Gasteiger partial charge in [0.1, 0.15) is 17.3 Å². The van der Waals surface area contributed by atoms with E-state index in [9.17, 15) is 5.11 Å². The van der Waals surface area contributed by atoms with Gasteiger partial charge in [-0.1, -0.05) is 31.4 Å². The zero-order valence-corrected chi connectivity index (χ0v) is 10.8. The molecule has 0 bridgehead atoms. The van der Waals surface area contributed by atoms with E-state index < -0.39 is 0 Å². The van der Waals surface area contributed by atoms with E-state index in [1.807, 2.05) is 6.92 Å². The van der Waals surface area contributed by atoms with Crippen LogP contribution in [0.25, 0.3) is 0 Å². The monoisotopic (exact) mass is 255 g/mol. The summed E-state index contributed by atoms with van der Waals surface area (Å²) in [6.45, 7) is 2.16. The molecule has 0 unspecified atom stereocenters. The van der Waals surface area contributed by atoms with Crippen molar-refractivity contribution in [3.8, 4) is 0 Å². The van der Waals surface area contributed by atoms with E-state index in [0.29, 0.717) is 5.15 Å². The van der Waals surface area contributed by atoms with Crippen LogP contribution in [0.2, 0.25) is 5.15 Å². The molecular weight excluding hydrogens is 238 g/mol. The first kappa shape index (κ1) is 12.6. The normalized spacial score (nSPS) is 18.3. The van der Waals surface area contributed by atoms with Crippen molar-refractivity contribution >= 4 is 17.4 Å². The Bertz CT molecular complexity index is 391. The Morgan fingerprint density at radius 2 is 2.12 bits per heavy atom. The van der Waals surface area contributed by atoms with Crippen LogP contribution in [0.4, 0.5) is 5.82 Å². The number of nitrogens with one attached hydrogen (secondary N) is 1. The molecule has 2 N–H and O–H groups in total. The summed E-state index contributed by atoms with van der Waals surface area (Å²) in [5, 5.41) is 13.4. The zero-order chi connectivity index (χ0) is 12.3. The number of aliphatic hydroxyl groups is 1. The van der Waals surface area contributed by atoms with E-state index in [2.05, 4.69) is 15.3 Å². The number of rotatable bonds is 4. The summed E-state index contributed by atoms with van der Waals surface area (Å²) < 4.78 is 0. The average molecular weight is 256 g/mol. The van der Waals surface area contributed by atoms with Crippen LogP contribution in [0.5, 0.6) is 0 Å². The third kappa shape index (κ3) is 2.53. The summed E-state index contributed by atoms with van der Waals surface area (Å²) in [5.41, 5.74) is 0.704. The first-order valence-electron chi connectivity index (χ1n) is 6.09. The van der Waals surface area contributed by atoms with Gasteiger partial charge < -0.3 is 10.4 Å². The van der Waals surface area contributed by atoms with E-state index in [0.717, 1.165) is 43.5 Å². The van der Waals surface area contributed by atoms with Crippen molar-refractivity contribution in [2.24, 2.45) is 0 Å².